The molecule has 9 nitrogen and oxygen atoms in total. The lowest BCUT2D eigenvalue weighted by molar-refractivity contribution is -0.137. The van der Waals surface area contributed by atoms with Gasteiger partial charge in [0.25, 0.3) is 5.91 Å². The van der Waals surface area contributed by atoms with Crippen molar-refractivity contribution in [1.82, 2.24) is 5.43 Å². The Balaban J connectivity index is 1.64. The Morgan fingerprint density at radius 1 is 1.00 bits per heavy atom. The molecule has 0 aliphatic heterocycles. The third-order valence-corrected chi connectivity index (χ3v) is 5.89. The van der Waals surface area contributed by atoms with Gasteiger partial charge in [-0.3, -0.25) is 14.4 Å². The number of hydrogen-bond donors (Lipinski definition) is 3. The maximum atomic E-state index is 13.2. The van der Waals surface area contributed by atoms with Gasteiger partial charge in [0.05, 0.1) is 27.6 Å². The highest BCUT2D eigenvalue weighted by atomic mass is 127. The molecule has 3 amide bonds. The number of amides is 3. The average molecular weight is 689 g/mol. The second kappa shape index (κ2) is 14.0. The van der Waals surface area contributed by atoms with Crippen LogP contribution in [0.1, 0.15) is 18.1 Å². The molecule has 3 N–H and O–H groups in total. The minimum absolute atomic E-state index is 0.184. The van der Waals surface area contributed by atoms with E-state index in [-0.39, 0.29) is 18.1 Å². The zero-order valence-electron chi connectivity index (χ0n) is 20.6. The molecule has 0 atom stereocenters. The third-order valence-electron chi connectivity index (χ3n) is 4.85. The standard InChI is InChI=1S/C26H21ClF3IN4O5/c1-2-39-21-11-15(13-32-35-25(38)24(37)33-17-7-5-6-16(27)12-17)10-19(31)23(21)40-14-22(36)34-20-9-4-3-8-18(20)26(28,29)30/h3-13H,2,14H2,1H3,(H,33,37)(H,34,36)(H,35,38)/b32-13-. The van der Waals surface area contributed by atoms with E-state index in [2.05, 4.69) is 21.2 Å². The highest BCUT2D eigenvalue weighted by Gasteiger charge is 2.33. The van der Waals surface area contributed by atoms with Crippen molar-refractivity contribution < 1.29 is 37.0 Å². The quantitative estimate of drug-likeness (QED) is 0.119. The first-order valence-electron chi connectivity index (χ1n) is 11.4. The van der Waals surface area contributed by atoms with Gasteiger partial charge in [-0.1, -0.05) is 29.8 Å². The summed E-state index contributed by atoms with van der Waals surface area (Å²) in [5.74, 6) is -2.37. The average Bonchev–Trinajstić information content (AvgIpc) is 2.88. The van der Waals surface area contributed by atoms with Crippen molar-refractivity contribution in [3.63, 3.8) is 0 Å². The second-order valence-electron chi connectivity index (χ2n) is 7.81. The van der Waals surface area contributed by atoms with E-state index < -0.39 is 41.8 Å². The summed E-state index contributed by atoms with van der Waals surface area (Å²) < 4.78 is 51.2. The number of para-hydroxylation sites is 1. The van der Waals surface area contributed by atoms with E-state index in [9.17, 15) is 27.6 Å². The van der Waals surface area contributed by atoms with Crippen LogP contribution in [0, 0.1) is 3.57 Å². The zero-order valence-corrected chi connectivity index (χ0v) is 23.6. The van der Waals surface area contributed by atoms with Gasteiger partial charge in [0.2, 0.25) is 0 Å². The maximum absolute atomic E-state index is 13.2. The number of ether oxygens (including phenoxy) is 2. The van der Waals surface area contributed by atoms with Crippen LogP contribution in [0.2, 0.25) is 5.02 Å². The monoisotopic (exact) mass is 688 g/mol. The third kappa shape index (κ3) is 8.84. The normalized spacial score (nSPS) is 11.2. The van der Waals surface area contributed by atoms with E-state index in [1.54, 1.807) is 31.2 Å². The topological polar surface area (TPSA) is 118 Å². The molecule has 0 fully saturated rings. The molecule has 0 aliphatic carbocycles. The smallest absolute Gasteiger partial charge is 0.418 e. The van der Waals surface area contributed by atoms with E-state index in [0.29, 0.717) is 19.8 Å². The molecular weight excluding hydrogens is 668 g/mol. The summed E-state index contributed by atoms with van der Waals surface area (Å²) in [5.41, 5.74) is 1.53. The van der Waals surface area contributed by atoms with Crippen LogP contribution in [0.25, 0.3) is 0 Å². The van der Waals surface area contributed by atoms with Crippen molar-refractivity contribution in [2.75, 3.05) is 23.8 Å². The molecule has 3 aromatic carbocycles. The number of hydrogen-bond acceptors (Lipinski definition) is 6. The predicted molar refractivity (Wildman–Crippen MR) is 152 cm³/mol. The minimum Gasteiger partial charge on any atom is -0.490 e. The Morgan fingerprint density at radius 3 is 2.45 bits per heavy atom. The number of carbonyl (C=O) groups is 3. The molecule has 0 aliphatic rings. The zero-order chi connectivity index (χ0) is 29.3. The Kier molecular flexibility index (Phi) is 10.7. The Labute approximate surface area is 245 Å². The summed E-state index contributed by atoms with van der Waals surface area (Å²) in [7, 11) is 0. The van der Waals surface area contributed by atoms with Gasteiger partial charge in [-0.2, -0.15) is 18.3 Å². The van der Waals surface area contributed by atoms with E-state index >= 15 is 0 Å². The number of nitrogens with zero attached hydrogens (tertiary/aromatic N) is 1. The van der Waals surface area contributed by atoms with Crippen molar-refractivity contribution in [2.45, 2.75) is 13.1 Å². The number of halogens is 5. The summed E-state index contributed by atoms with van der Waals surface area (Å²) in [6.07, 6.45) is -3.38. The summed E-state index contributed by atoms with van der Waals surface area (Å²) in [6, 6.07) is 14.0. The predicted octanol–water partition coefficient (Wildman–Crippen LogP) is 5.47. The van der Waals surface area contributed by atoms with Crippen LogP contribution >= 0.6 is 34.2 Å². The maximum Gasteiger partial charge on any atom is 0.418 e. The van der Waals surface area contributed by atoms with Gasteiger partial charge in [0.1, 0.15) is 0 Å². The number of rotatable bonds is 9. The first kappa shape index (κ1) is 30.7. The van der Waals surface area contributed by atoms with Gasteiger partial charge in [-0.25, -0.2) is 5.43 Å². The number of anilines is 2. The van der Waals surface area contributed by atoms with Crippen molar-refractivity contribution in [3.05, 3.63) is 80.4 Å². The van der Waals surface area contributed by atoms with Crippen molar-refractivity contribution in [3.8, 4) is 11.5 Å². The van der Waals surface area contributed by atoms with Gasteiger partial charge in [0.15, 0.2) is 18.1 Å². The van der Waals surface area contributed by atoms with E-state index in [4.69, 9.17) is 21.1 Å². The largest absolute Gasteiger partial charge is 0.490 e. The van der Waals surface area contributed by atoms with Crippen molar-refractivity contribution in [1.29, 1.82) is 0 Å². The first-order valence-corrected chi connectivity index (χ1v) is 12.9. The Hall–Kier alpha value is -3.85. The van der Waals surface area contributed by atoms with Crippen LogP contribution < -0.4 is 25.5 Å². The van der Waals surface area contributed by atoms with E-state index in [0.717, 1.165) is 12.1 Å². The fourth-order valence-electron chi connectivity index (χ4n) is 3.20. The molecule has 0 saturated carbocycles. The Morgan fingerprint density at radius 2 is 1.75 bits per heavy atom. The summed E-state index contributed by atoms with van der Waals surface area (Å²) in [4.78, 5) is 36.5. The van der Waals surface area contributed by atoms with Crippen LogP contribution in [0.4, 0.5) is 24.5 Å². The molecule has 210 valence electrons. The van der Waals surface area contributed by atoms with E-state index in [1.807, 2.05) is 22.6 Å². The molecule has 0 aromatic heterocycles. The van der Waals surface area contributed by atoms with Crippen LogP contribution in [0.5, 0.6) is 11.5 Å². The lowest BCUT2D eigenvalue weighted by Gasteiger charge is -2.16. The number of alkyl halides is 3. The van der Waals surface area contributed by atoms with Crippen LogP contribution in [0.3, 0.4) is 0 Å². The lowest BCUT2D eigenvalue weighted by atomic mass is 10.1. The van der Waals surface area contributed by atoms with Crippen LogP contribution in [0.15, 0.2) is 65.8 Å². The van der Waals surface area contributed by atoms with Gasteiger partial charge in [0, 0.05) is 10.7 Å². The molecule has 0 bridgehead atoms. The van der Waals surface area contributed by atoms with Crippen LogP contribution in [-0.4, -0.2) is 37.1 Å². The Bertz CT molecular complexity index is 1440. The molecule has 0 radical (unpaired) electrons. The fourth-order valence-corrected chi connectivity index (χ4v) is 4.17. The van der Waals surface area contributed by atoms with Gasteiger partial charge < -0.3 is 20.1 Å². The lowest BCUT2D eigenvalue weighted by Crippen LogP contribution is -2.32. The second-order valence-corrected chi connectivity index (χ2v) is 9.41. The summed E-state index contributed by atoms with van der Waals surface area (Å²) in [5, 5.41) is 8.76. The molecule has 3 aromatic rings. The summed E-state index contributed by atoms with van der Waals surface area (Å²) in [6.45, 7) is 1.36. The summed E-state index contributed by atoms with van der Waals surface area (Å²) >= 11 is 7.77. The molecular formula is C26H21ClF3IN4O5. The minimum atomic E-state index is -4.64. The van der Waals surface area contributed by atoms with Gasteiger partial charge in [-0.15, -0.1) is 0 Å². The number of carbonyl (C=O) groups excluding carboxylic acids is 3. The van der Waals surface area contributed by atoms with E-state index in [1.165, 1.54) is 30.5 Å². The highest BCUT2D eigenvalue weighted by Crippen LogP contribution is 2.35. The number of benzene rings is 3. The number of hydrazone groups is 1. The van der Waals surface area contributed by atoms with Crippen molar-refractivity contribution >= 4 is 69.5 Å². The number of nitrogens with one attached hydrogen (secondary N) is 3. The van der Waals surface area contributed by atoms with Gasteiger partial charge >= 0.3 is 18.0 Å². The van der Waals surface area contributed by atoms with Gasteiger partial charge in [-0.05, 0) is 77.5 Å². The fraction of sp³-hybridized carbons (Fsp3) is 0.154. The molecule has 40 heavy (non-hydrogen) atoms. The highest BCUT2D eigenvalue weighted by molar-refractivity contribution is 14.1. The molecule has 3 rings (SSSR count). The molecule has 0 heterocycles. The van der Waals surface area contributed by atoms with Crippen molar-refractivity contribution in [2.24, 2.45) is 5.10 Å². The SMILES string of the molecule is CCOc1cc(/C=N\NC(=O)C(=O)Nc2cccc(Cl)c2)cc(I)c1OCC(=O)Nc1ccccc1C(F)(F)F. The molecule has 0 spiro atoms. The molecule has 0 unspecified atom stereocenters. The molecule has 14 heteroatoms. The first-order chi connectivity index (χ1) is 19.0. The van der Waals surface area contributed by atoms with Crippen LogP contribution in [-0.2, 0) is 20.6 Å². The molecule has 0 saturated heterocycles.